The van der Waals surface area contributed by atoms with Gasteiger partial charge in [-0.2, -0.15) is 0 Å². The first-order chi connectivity index (χ1) is 12.8. The molecule has 2 N–H and O–H groups in total. The van der Waals surface area contributed by atoms with Gasteiger partial charge >= 0.3 is 0 Å². The van der Waals surface area contributed by atoms with Crippen molar-refractivity contribution in [1.82, 2.24) is 9.63 Å². The summed E-state index contributed by atoms with van der Waals surface area (Å²) in [6.45, 7) is -0.0232. The van der Waals surface area contributed by atoms with Crippen molar-refractivity contribution in [2.24, 2.45) is 7.05 Å². The molecule has 0 unspecified atom stereocenters. The molecule has 10 heteroatoms. The van der Waals surface area contributed by atoms with E-state index < -0.39 is 11.7 Å². The monoisotopic (exact) mass is 503 g/mol. The van der Waals surface area contributed by atoms with Gasteiger partial charge in [0.15, 0.2) is 0 Å². The number of rotatable bonds is 5. The lowest BCUT2D eigenvalue weighted by Gasteiger charge is -2.30. The number of benzene rings is 1. The third-order valence-electron chi connectivity index (χ3n) is 4.16. The average Bonchev–Trinajstić information content (AvgIpc) is 2.64. The van der Waals surface area contributed by atoms with Crippen molar-refractivity contribution >= 4 is 49.3 Å². The number of anilines is 2. The van der Waals surface area contributed by atoms with Crippen LogP contribution >= 0.6 is 31.9 Å². The van der Waals surface area contributed by atoms with Gasteiger partial charge in [-0.25, -0.2) is 9.45 Å². The number of hydrogen-bond donors (Lipinski definition) is 2. The van der Waals surface area contributed by atoms with E-state index in [1.54, 1.807) is 6.07 Å². The summed E-state index contributed by atoms with van der Waals surface area (Å²) in [7, 11) is 1.49. The van der Waals surface area contributed by atoms with E-state index in [-0.39, 0.29) is 46.9 Å². The van der Waals surface area contributed by atoms with Crippen molar-refractivity contribution in [2.75, 3.05) is 25.1 Å². The van der Waals surface area contributed by atoms with E-state index in [1.165, 1.54) is 23.7 Å². The van der Waals surface area contributed by atoms with Crippen LogP contribution in [0.4, 0.5) is 15.9 Å². The fourth-order valence-electron chi connectivity index (χ4n) is 2.84. The van der Waals surface area contributed by atoms with Gasteiger partial charge in [0.25, 0.3) is 11.5 Å². The van der Waals surface area contributed by atoms with Gasteiger partial charge in [0.2, 0.25) is 0 Å². The largest absolute Gasteiger partial charge is 0.394 e. The quantitative estimate of drug-likeness (QED) is 0.654. The molecule has 1 amide bonds. The summed E-state index contributed by atoms with van der Waals surface area (Å²) >= 11 is 6.46. The SMILES string of the molecule is Cn1c(Nc2ccc(Br)cc2F)c2c(c(Br)c1=O)CCN(OCCO)C2=O. The standard InChI is InChI=1S/C17H16Br2FN3O4/c1-22-15(21-12-3-2-9(18)8-11(12)20)13-10(14(19)17(22)26)4-5-23(16(13)25)27-7-6-24/h2-3,8,21,24H,4-7H2,1H3. The smallest absolute Gasteiger partial charge is 0.281 e. The van der Waals surface area contributed by atoms with Crippen LogP contribution in [0.5, 0.6) is 0 Å². The number of hydrogen-bond acceptors (Lipinski definition) is 5. The van der Waals surface area contributed by atoms with Crippen LogP contribution in [-0.4, -0.2) is 40.4 Å². The molecule has 0 saturated heterocycles. The van der Waals surface area contributed by atoms with Gasteiger partial charge in [-0.05, 0) is 46.1 Å². The number of amides is 1. The highest BCUT2D eigenvalue weighted by molar-refractivity contribution is 9.10. The van der Waals surface area contributed by atoms with Crippen molar-refractivity contribution in [3.05, 3.63) is 54.4 Å². The molecule has 2 aromatic rings. The summed E-state index contributed by atoms with van der Waals surface area (Å²) in [6, 6.07) is 4.43. The van der Waals surface area contributed by atoms with Gasteiger partial charge in [-0.3, -0.25) is 19.0 Å². The molecule has 3 rings (SSSR count). The molecule has 0 atom stereocenters. The van der Waals surface area contributed by atoms with Crippen LogP contribution in [0.3, 0.4) is 0 Å². The number of pyridine rings is 1. The molecule has 0 saturated carbocycles. The fourth-order valence-corrected chi connectivity index (χ4v) is 3.84. The summed E-state index contributed by atoms with van der Waals surface area (Å²) in [5, 5.41) is 12.9. The van der Waals surface area contributed by atoms with E-state index >= 15 is 0 Å². The second kappa shape index (κ2) is 8.09. The topological polar surface area (TPSA) is 83.8 Å². The maximum atomic E-state index is 14.3. The number of hydroxylamine groups is 2. The summed E-state index contributed by atoms with van der Waals surface area (Å²) in [6.07, 6.45) is 0.376. The molecule has 0 spiro atoms. The van der Waals surface area contributed by atoms with Gasteiger partial charge in [0.1, 0.15) is 11.6 Å². The number of aliphatic hydroxyl groups excluding tert-OH is 1. The summed E-state index contributed by atoms with van der Waals surface area (Å²) in [5.41, 5.74) is 0.535. The van der Waals surface area contributed by atoms with E-state index in [1.807, 2.05) is 0 Å². The minimum absolute atomic E-state index is 0.0297. The summed E-state index contributed by atoms with van der Waals surface area (Å²) in [5.74, 6) is -0.840. The first-order valence-electron chi connectivity index (χ1n) is 8.04. The zero-order chi connectivity index (χ0) is 19.7. The molecular formula is C17H16Br2FN3O4. The van der Waals surface area contributed by atoms with Gasteiger partial charge in [0.05, 0.1) is 35.5 Å². The number of aliphatic hydroxyl groups is 1. The predicted octanol–water partition coefficient (Wildman–Crippen LogP) is 2.72. The second-order valence-electron chi connectivity index (χ2n) is 5.84. The Morgan fingerprint density at radius 1 is 1.33 bits per heavy atom. The molecule has 0 radical (unpaired) electrons. The van der Waals surface area contributed by atoms with Crippen molar-refractivity contribution in [1.29, 1.82) is 0 Å². The molecule has 0 bridgehead atoms. The molecular weight excluding hydrogens is 489 g/mol. The van der Waals surface area contributed by atoms with E-state index in [0.29, 0.717) is 16.5 Å². The normalized spacial score (nSPS) is 13.7. The van der Waals surface area contributed by atoms with Gasteiger partial charge in [0, 0.05) is 11.5 Å². The predicted molar refractivity (Wildman–Crippen MR) is 105 cm³/mol. The lowest BCUT2D eigenvalue weighted by molar-refractivity contribution is -0.132. The number of nitrogens with zero attached hydrogens (tertiary/aromatic N) is 2. The van der Waals surface area contributed by atoms with Gasteiger partial charge in [-0.1, -0.05) is 15.9 Å². The Kier molecular flexibility index (Phi) is 5.99. The highest BCUT2D eigenvalue weighted by Crippen LogP contribution is 2.32. The lowest BCUT2D eigenvalue weighted by Crippen LogP contribution is -2.41. The van der Waals surface area contributed by atoms with Gasteiger partial charge in [-0.15, -0.1) is 0 Å². The summed E-state index contributed by atoms with van der Waals surface area (Å²) < 4.78 is 16.4. The van der Waals surface area contributed by atoms with Crippen LogP contribution in [0.25, 0.3) is 0 Å². The third-order valence-corrected chi connectivity index (χ3v) is 5.47. The van der Waals surface area contributed by atoms with E-state index in [9.17, 15) is 14.0 Å². The molecule has 144 valence electrons. The fraction of sp³-hybridized carbons (Fsp3) is 0.294. The molecule has 1 aromatic heterocycles. The molecule has 27 heavy (non-hydrogen) atoms. The minimum atomic E-state index is -0.537. The maximum Gasteiger partial charge on any atom is 0.281 e. The van der Waals surface area contributed by atoms with E-state index in [4.69, 9.17) is 9.94 Å². The first-order valence-corrected chi connectivity index (χ1v) is 9.62. The number of halogens is 3. The van der Waals surface area contributed by atoms with Crippen LogP contribution in [0, 0.1) is 5.82 Å². The molecule has 7 nitrogen and oxygen atoms in total. The number of nitrogens with one attached hydrogen (secondary N) is 1. The number of fused-ring (bicyclic) bond motifs is 1. The Morgan fingerprint density at radius 2 is 2.07 bits per heavy atom. The van der Waals surface area contributed by atoms with E-state index in [0.717, 1.165) is 5.06 Å². The zero-order valence-electron chi connectivity index (χ0n) is 14.3. The van der Waals surface area contributed by atoms with Crippen LogP contribution < -0.4 is 10.9 Å². The Bertz CT molecular complexity index is 964. The van der Waals surface area contributed by atoms with Crippen molar-refractivity contribution in [3.8, 4) is 0 Å². The number of carbonyl (C=O) groups excluding carboxylic acids is 1. The molecule has 1 aliphatic rings. The van der Waals surface area contributed by atoms with Crippen LogP contribution in [0.15, 0.2) is 31.9 Å². The number of aromatic nitrogens is 1. The Hall–Kier alpha value is -1.75. The molecule has 1 aliphatic heterocycles. The summed E-state index contributed by atoms with van der Waals surface area (Å²) in [4.78, 5) is 30.7. The van der Waals surface area contributed by atoms with Crippen LogP contribution in [-0.2, 0) is 18.3 Å². The van der Waals surface area contributed by atoms with Crippen LogP contribution in [0.2, 0.25) is 0 Å². The van der Waals surface area contributed by atoms with Crippen molar-refractivity contribution < 1.29 is 19.1 Å². The maximum absolute atomic E-state index is 14.3. The third kappa shape index (κ3) is 3.79. The zero-order valence-corrected chi connectivity index (χ0v) is 17.4. The van der Waals surface area contributed by atoms with Gasteiger partial charge < -0.3 is 10.4 Å². The molecule has 0 aliphatic carbocycles. The Labute approximate surface area is 170 Å². The molecule has 1 aromatic carbocycles. The lowest BCUT2D eigenvalue weighted by atomic mass is 10.0. The van der Waals surface area contributed by atoms with Crippen molar-refractivity contribution in [3.63, 3.8) is 0 Å². The Balaban J connectivity index is 2.12. The minimum Gasteiger partial charge on any atom is -0.394 e. The van der Waals surface area contributed by atoms with Crippen molar-refractivity contribution in [2.45, 2.75) is 6.42 Å². The van der Waals surface area contributed by atoms with Crippen LogP contribution in [0.1, 0.15) is 15.9 Å². The average molecular weight is 505 g/mol. The first kappa shape index (κ1) is 20.0. The number of carbonyl (C=O) groups is 1. The highest BCUT2D eigenvalue weighted by Gasteiger charge is 2.32. The Morgan fingerprint density at radius 3 is 2.74 bits per heavy atom. The molecule has 2 heterocycles. The highest BCUT2D eigenvalue weighted by atomic mass is 79.9. The van der Waals surface area contributed by atoms with E-state index in [2.05, 4.69) is 37.2 Å². The molecule has 0 fully saturated rings. The second-order valence-corrected chi connectivity index (χ2v) is 7.55.